The van der Waals surface area contributed by atoms with E-state index in [1.54, 1.807) is 4.90 Å². The number of imide groups is 2. The van der Waals surface area contributed by atoms with Gasteiger partial charge in [-0.05, 0) is 86.7 Å². The number of hydrogen-bond acceptors (Lipinski definition) is 9. The van der Waals surface area contributed by atoms with Crippen LogP contribution in [-0.4, -0.2) is 91.4 Å². The fraction of sp³-hybridized carbons (Fsp3) is 0.500. The molecular formula is C32H36F3N5O7. The summed E-state index contributed by atoms with van der Waals surface area (Å²) in [5.41, 5.74) is -2.19. The maximum atomic E-state index is 13.6. The molecule has 4 heterocycles. The van der Waals surface area contributed by atoms with Gasteiger partial charge < -0.3 is 24.4 Å². The van der Waals surface area contributed by atoms with E-state index < -0.39 is 41.1 Å². The van der Waals surface area contributed by atoms with Crippen molar-refractivity contribution in [3.63, 3.8) is 0 Å². The lowest BCUT2D eigenvalue weighted by Crippen LogP contribution is -2.73. The van der Waals surface area contributed by atoms with Crippen LogP contribution in [0.5, 0.6) is 17.2 Å². The van der Waals surface area contributed by atoms with Gasteiger partial charge >= 0.3 is 12.4 Å². The highest BCUT2D eigenvalue weighted by molar-refractivity contribution is 6.22. The van der Waals surface area contributed by atoms with E-state index in [4.69, 9.17) is 9.47 Å². The van der Waals surface area contributed by atoms with Gasteiger partial charge in [-0.25, -0.2) is 4.79 Å². The first kappa shape index (κ1) is 32.7. The van der Waals surface area contributed by atoms with Gasteiger partial charge in [-0.2, -0.15) is 0 Å². The topological polar surface area (TPSA) is 139 Å². The lowest BCUT2D eigenvalue weighted by Gasteiger charge is -2.51. The molecule has 0 aliphatic carbocycles. The molecule has 4 fully saturated rings. The van der Waals surface area contributed by atoms with Crippen LogP contribution in [0.3, 0.4) is 0 Å². The summed E-state index contributed by atoms with van der Waals surface area (Å²) in [5.74, 6) is -0.967. The number of likely N-dealkylation sites (tertiary alicyclic amines) is 1. The van der Waals surface area contributed by atoms with Crippen LogP contribution in [-0.2, 0) is 24.7 Å². The number of carbonyl (C=O) groups is 4. The normalized spacial score (nSPS) is 22.0. The number of halogens is 3. The van der Waals surface area contributed by atoms with Crippen molar-refractivity contribution in [3.05, 3.63) is 54.1 Å². The molecule has 0 aromatic heterocycles. The Morgan fingerprint density at radius 3 is 2.04 bits per heavy atom. The summed E-state index contributed by atoms with van der Waals surface area (Å²) < 4.78 is 53.3. The van der Waals surface area contributed by atoms with E-state index in [0.717, 1.165) is 38.1 Å². The molecular weight excluding hydrogens is 623 g/mol. The van der Waals surface area contributed by atoms with E-state index in [-0.39, 0.29) is 24.7 Å². The third kappa shape index (κ3) is 7.06. The SMILES string of the molecule is O=C1NC(=O)C(c2ccc(Oc3ccc(OC(F)(F)F)cc3)cc2)(N2CCC3(CC2)CN(C(=O)CC2CCNCC2)CCO3)C(=O)N1. The molecule has 5 amide bonds. The van der Waals surface area contributed by atoms with Crippen molar-refractivity contribution in [2.24, 2.45) is 5.92 Å². The van der Waals surface area contributed by atoms with Crippen LogP contribution in [0, 0.1) is 5.92 Å². The van der Waals surface area contributed by atoms with Gasteiger partial charge in [-0.15, -0.1) is 13.2 Å². The van der Waals surface area contributed by atoms with Gasteiger partial charge in [0.1, 0.15) is 17.2 Å². The van der Waals surface area contributed by atoms with Gasteiger partial charge in [0, 0.05) is 32.6 Å². The van der Waals surface area contributed by atoms with Gasteiger partial charge in [-0.3, -0.25) is 29.9 Å². The van der Waals surface area contributed by atoms with Gasteiger partial charge in [0.25, 0.3) is 11.8 Å². The predicted octanol–water partition coefficient (Wildman–Crippen LogP) is 3.02. The van der Waals surface area contributed by atoms with Gasteiger partial charge in [-0.1, -0.05) is 12.1 Å². The van der Waals surface area contributed by atoms with Crippen LogP contribution < -0.4 is 25.4 Å². The van der Waals surface area contributed by atoms with Crippen LogP contribution in [0.4, 0.5) is 18.0 Å². The molecule has 6 rings (SSSR count). The molecule has 15 heteroatoms. The van der Waals surface area contributed by atoms with Crippen molar-refractivity contribution < 1.29 is 46.6 Å². The van der Waals surface area contributed by atoms with E-state index in [1.807, 2.05) is 4.90 Å². The zero-order valence-electron chi connectivity index (χ0n) is 25.6. The average molecular weight is 660 g/mol. The number of carbonyl (C=O) groups excluding carboxylic acids is 4. The largest absolute Gasteiger partial charge is 0.573 e. The molecule has 0 atom stereocenters. The number of nitrogens with one attached hydrogen (secondary N) is 3. The lowest BCUT2D eigenvalue weighted by molar-refractivity contribution is -0.274. The monoisotopic (exact) mass is 659 g/mol. The second kappa shape index (κ2) is 13.1. The molecule has 252 valence electrons. The number of ether oxygens (including phenoxy) is 3. The second-order valence-electron chi connectivity index (χ2n) is 12.3. The highest BCUT2D eigenvalue weighted by Crippen LogP contribution is 2.39. The van der Waals surface area contributed by atoms with Gasteiger partial charge in [0.15, 0.2) is 0 Å². The molecule has 0 bridgehead atoms. The Morgan fingerprint density at radius 1 is 0.872 bits per heavy atom. The summed E-state index contributed by atoms with van der Waals surface area (Å²) in [7, 11) is 0. The maximum Gasteiger partial charge on any atom is 0.573 e. The van der Waals surface area contributed by atoms with Crippen molar-refractivity contribution in [1.82, 2.24) is 25.8 Å². The Hall–Kier alpha value is -4.21. The summed E-state index contributed by atoms with van der Waals surface area (Å²) in [5, 5.41) is 7.81. The summed E-state index contributed by atoms with van der Waals surface area (Å²) in [4.78, 5) is 56.1. The first-order chi connectivity index (χ1) is 22.5. The molecule has 4 saturated heterocycles. The third-order valence-electron chi connectivity index (χ3n) is 9.35. The van der Waals surface area contributed by atoms with E-state index in [0.29, 0.717) is 56.2 Å². The molecule has 2 aromatic rings. The number of piperidine rings is 2. The van der Waals surface area contributed by atoms with Gasteiger partial charge in [0.2, 0.25) is 11.4 Å². The molecule has 0 saturated carbocycles. The van der Waals surface area contributed by atoms with Crippen LogP contribution in [0.15, 0.2) is 48.5 Å². The van der Waals surface area contributed by atoms with Crippen molar-refractivity contribution in [1.29, 1.82) is 0 Å². The molecule has 0 radical (unpaired) electrons. The Balaban J connectivity index is 1.16. The Kier molecular flexibility index (Phi) is 9.14. The number of amides is 5. The first-order valence-corrected chi connectivity index (χ1v) is 15.6. The molecule has 4 aliphatic heterocycles. The molecule has 4 aliphatic rings. The molecule has 0 unspecified atom stereocenters. The van der Waals surface area contributed by atoms with E-state index in [9.17, 15) is 32.3 Å². The minimum absolute atomic E-state index is 0.121. The average Bonchev–Trinajstić information content (AvgIpc) is 3.03. The smallest absolute Gasteiger partial charge is 0.457 e. The van der Waals surface area contributed by atoms with E-state index in [2.05, 4.69) is 20.7 Å². The zero-order valence-corrected chi connectivity index (χ0v) is 25.6. The second-order valence-corrected chi connectivity index (χ2v) is 12.3. The van der Waals surface area contributed by atoms with Crippen LogP contribution in [0.1, 0.15) is 37.7 Å². The molecule has 2 aromatic carbocycles. The minimum atomic E-state index is -4.82. The summed E-state index contributed by atoms with van der Waals surface area (Å²) in [6, 6.07) is 10.0. The molecule has 3 N–H and O–H groups in total. The number of rotatable bonds is 7. The standard InChI is InChI=1S/C32H36F3N5O7/c33-32(34,35)47-25-7-5-24(6-8-25)46-23-3-1-22(2-4-23)31(27(42)37-29(44)38-28(31)43)40-15-11-30(12-16-40)20-39(17-18-45-30)26(41)19-21-9-13-36-14-10-21/h1-8,21,36H,9-20H2,(H2,37,38,42,43,44). The lowest BCUT2D eigenvalue weighted by atomic mass is 9.80. The molecule has 1 spiro atoms. The van der Waals surface area contributed by atoms with Crippen molar-refractivity contribution in [2.45, 2.75) is 49.6 Å². The van der Waals surface area contributed by atoms with Crippen molar-refractivity contribution >= 4 is 23.8 Å². The third-order valence-corrected chi connectivity index (χ3v) is 9.35. The Labute approximate surface area is 268 Å². The Morgan fingerprint density at radius 2 is 1.45 bits per heavy atom. The summed E-state index contributed by atoms with van der Waals surface area (Å²) >= 11 is 0. The van der Waals surface area contributed by atoms with Crippen LogP contribution in [0.25, 0.3) is 0 Å². The fourth-order valence-electron chi connectivity index (χ4n) is 6.93. The number of barbiturate groups is 1. The minimum Gasteiger partial charge on any atom is -0.457 e. The van der Waals surface area contributed by atoms with E-state index >= 15 is 0 Å². The Bertz CT molecular complexity index is 1470. The number of morpholine rings is 1. The van der Waals surface area contributed by atoms with Crippen LogP contribution >= 0.6 is 0 Å². The highest BCUT2D eigenvalue weighted by Gasteiger charge is 2.58. The maximum absolute atomic E-state index is 13.6. The van der Waals surface area contributed by atoms with Gasteiger partial charge in [0.05, 0.1) is 12.2 Å². The number of hydrogen-bond donors (Lipinski definition) is 3. The first-order valence-electron chi connectivity index (χ1n) is 15.6. The predicted molar refractivity (Wildman–Crippen MR) is 159 cm³/mol. The number of urea groups is 1. The highest BCUT2D eigenvalue weighted by atomic mass is 19.4. The van der Waals surface area contributed by atoms with Crippen LogP contribution in [0.2, 0.25) is 0 Å². The molecule has 47 heavy (non-hydrogen) atoms. The quantitative estimate of drug-likeness (QED) is 0.383. The van der Waals surface area contributed by atoms with Crippen molar-refractivity contribution in [3.8, 4) is 17.2 Å². The molecule has 12 nitrogen and oxygen atoms in total. The summed E-state index contributed by atoms with van der Waals surface area (Å²) in [6.07, 6.45) is -1.44. The van der Waals surface area contributed by atoms with Crippen molar-refractivity contribution in [2.75, 3.05) is 45.9 Å². The number of nitrogens with zero attached hydrogens (tertiary/aromatic N) is 2. The summed E-state index contributed by atoms with van der Waals surface area (Å²) in [6.45, 7) is 3.74. The van der Waals surface area contributed by atoms with E-state index in [1.165, 1.54) is 36.4 Å². The number of benzene rings is 2. The fourth-order valence-corrected chi connectivity index (χ4v) is 6.93. The number of alkyl halides is 3. The zero-order chi connectivity index (χ0) is 33.2.